The van der Waals surface area contributed by atoms with Crippen LogP contribution < -0.4 is 5.32 Å². The van der Waals surface area contributed by atoms with Crippen molar-refractivity contribution in [2.24, 2.45) is 0 Å². The third kappa shape index (κ3) is 3.08. The summed E-state index contributed by atoms with van der Waals surface area (Å²) in [5.41, 5.74) is 4.06. The molecular weight excluding hydrogens is 300 g/mol. The Morgan fingerprint density at radius 1 is 1.21 bits per heavy atom. The molecule has 2 heterocycles. The first-order valence-corrected chi connectivity index (χ1v) is 8.46. The molecule has 1 amide bonds. The molecule has 1 aromatic heterocycles. The number of likely N-dealkylation sites (tertiary alicyclic amines) is 1. The number of benzene rings is 1. The quantitative estimate of drug-likeness (QED) is 0.941. The van der Waals surface area contributed by atoms with E-state index in [1.807, 2.05) is 42.1 Å². The molecule has 1 N–H and O–H groups in total. The van der Waals surface area contributed by atoms with E-state index in [1.54, 1.807) is 0 Å². The minimum absolute atomic E-state index is 0.0248. The highest BCUT2D eigenvalue weighted by Gasteiger charge is 2.40. The van der Waals surface area contributed by atoms with Gasteiger partial charge in [0.15, 0.2) is 0 Å². The van der Waals surface area contributed by atoms with E-state index in [4.69, 9.17) is 0 Å². The van der Waals surface area contributed by atoms with Crippen LogP contribution in [-0.2, 0) is 4.79 Å². The lowest BCUT2D eigenvalue weighted by Crippen LogP contribution is -2.61. The zero-order valence-electron chi connectivity index (χ0n) is 15.1. The van der Waals surface area contributed by atoms with Crippen molar-refractivity contribution in [2.75, 3.05) is 11.9 Å². The number of carbonyl (C=O) groups excluding carboxylic acids is 1. The van der Waals surface area contributed by atoms with Gasteiger partial charge in [0, 0.05) is 29.2 Å². The molecule has 0 aliphatic carbocycles. The van der Waals surface area contributed by atoms with Crippen molar-refractivity contribution in [3.63, 3.8) is 0 Å². The summed E-state index contributed by atoms with van der Waals surface area (Å²) in [6.07, 6.45) is 2.75. The van der Waals surface area contributed by atoms with Crippen LogP contribution in [0.1, 0.15) is 38.6 Å². The van der Waals surface area contributed by atoms with E-state index >= 15 is 0 Å². The SMILES string of the molecule is Cc1ncn(-c2ccc(NC(=O)C3CCN3C(C)(C)C)cc2)c1C. The van der Waals surface area contributed by atoms with Crippen molar-refractivity contribution >= 4 is 11.6 Å². The predicted molar refractivity (Wildman–Crippen MR) is 96.5 cm³/mol. The fraction of sp³-hybridized carbons (Fsp3) is 0.474. The number of amides is 1. The van der Waals surface area contributed by atoms with Crippen molar-refractivity contribution in [3.8, 4) is 5.69 Å². The summed E-state index contributed by atoms with van der Waals surface area (Å²) in [7, 11) is 0. The van der Waals surface area contributed by atoms with E-state index in [0.29, 0.717) is 0 Å². The Labute approximate surface area is 143 Å². The number of aryl methyl sites for hydroxylation is 1. The fourth-order valence-electron chi connectivity index (χ4n) is 3.15. The standard InChI is InChI=1S/C19H26N4O/c1-13-14(2)22(12-20-13)16-8-6-15(7-9-16)21-18(24)17-10-11-23(17)19(3,4)5/h6-9,12,17H,10-11H2,1-5H3,(H,21,24). The Bertz CT molecular complexity index is 740. The molecule has 2 aromatic rings. The molecule has 24 heavy (non-hydrogen) atoms. The van der Waals surface area contributed by atoms with Gasteiger partial charge in [0.25, 0.3) is 0 Å². The minimum atomic E-state index is -0.0248. The van der Waals surface area contributed by atoms with Crippen LogP contribution in [0.3, 0.4) is 0 Å². The Morgan fingerprint density at radius 3 is 2.33 bits per heavy atom. The molecule has 5 heteroatoms. The van der Waals surface area contributed by atoms with Gasteiger partial charge in [-0.2, -0.15) is 0 Å². The van der Waals surface area contributed by atoms with Crippen LogP contribution in [0.25, 0.3) is 5.69 Å². The van der Waals surface area contributed by atoms with Gasteiger partial charge in [-0.25, -0.2) is 4.98 Å². The predicted octanol–water partition coefficient (Wildman–Crippen LogP) is 3.30. The zero-order valence-corrected chi connectivity index (χ0v) is 15.1. The lowest BCUT2D eigenvalue weighted by atomic mass is 9.93. The molecule has 1 aliphatic heterocycles. The maximum absolute atomic E-state index is 12.5. The first kappa shape index (κ1) is 16.7. The smallest absolute Gasteiger partial charge is 0.241 e. The molecule has 0 spiro atoms. The third-order valence-electron chi connectivity index (χ3n) is 4.85. The number of hydrogen-bond acceptors (Lipinski definition) is 3. The summed E-state index contributed by atoms with van der Waals surface area (Å²) in [6.45, 7) is 11.5. The van der Waals surface area contributed by atoms with Gasteiger partial charge < -0.3 is 9.88 Å². The molecule has 1 atom stereocenters. The van der Waals surface area contributed by atoms with Crippen LogP contribution in [0, 0.1) is 13.8 Å². The number of aromatic nitrogens is 2. The summed E-state index contributed by atoms with van der Waals surface area (Å²) >= 11 is 0. The van der Waals surface area contributed by atoms with E-state index in [-0.39, 0.29) is 17.5 Å². The number of rotatable bonds is 3. The van der Waals surface area contributed by atoms with Crippen molar-refractivity contribution < 1.29 is 4.79 Å². The monoisotopic (exact) mass is 326 g/mol. The Hall–Kier alpha value is -2.14. The third-order valence-corrected chi connectivity index (χ3v) is 4.85. The lowest BCUT2D eigenvalue weighted by Gasteiger charge is -2.48. The van der Waals surface area contributed by atoms with Crippen LogP contribution in [-0.4, -0.2) is 38.5 Å². The first-order valence-electron chi connectivity index (χ1n) is 8.46. The molecule has 1 saturated heterocycles. The summed E-state index contributed by atoms with van der Waals surface area (Å²) in [6, 6.07) is 7.88. The van der Waals surface area contributed by atoms with Crippen LogP contribution >= 0.6 is 0 Å². The topological polar surface area (TPSA) is 50.2 Å². The van der Waals surface area contributed by atoms with Gasteiger partial charge in [0.2, 0.25) is 5.91 Å². The Balaban J connectivity index is 1.69. The maximum atomic E-state index is 12.5. The maximum Gasteiger partial charge on any atom is 0.241 e. The van der Waals surface area contributed by atoms with E-state index in [0.717, 1.165) is 35.7 Å². The average Bonchev–Trinajstić information content (AvgIpc) is 2.77. The van der Waals surface area contributed by atoms with E-state index < -0.39 is 0 Å². The van der Waals surface area contributed by atoms with Gasteiger partial charge in [-0.3, -0.25) is 9.69 Å². The van der Waals surface area contributed by atoms with Gasteiger partial charge in [-0.15, -0.1) is 0 Å². The number of nitrogens with one attached hydrogen (secondary N) is 1. The van der Waals surface area contributed by atoms with E-state index in [1.165, 1.54) is 0 Å². The van der Waals surface area contributed by atoms with Gasteiger partial charge in [-0.1, -0.05) is 0 Å². The van der Waals surface area contributed by atoms with Gasteiger partial charge in [0.1, 0.15) is 0 Å². The average molecular weight is 326 g/mol. The van der Waals surface area contributed by atoms with E-state index in [2.05, 4.69) is 42.9 Å². The zero-order chi connectivity index (χ0) is 17.5. The highest BCUT2D eigenvalue weighted by molar-refractivity contribution is 5.95. The second-order valence-corrected chi connectivity index (χ2v) is 7.49. The normalized spacial score (nSPS) is 18.3. The molecule has 128 valence electrons. The molecule has 0 radical (unpaired) electrons. The molecule has 1 fully saturated rings. The highest BCUT2D eigenvalue weighted by atomic mass is 16.2. The van der Waals surface area contributed by atoms with Crippen LogP contribution in [0.15, 0.2) is 30.6 Å². The second-order valence-electron chi connectivity index (χ2n) is 7.49. The number of anilines is 1. The van der Waals surface area contributed by atoms with Gasteiger partial charge in [0.05, 0.1) is 18.1 Å². The van der Waals surface area contributed by atoms with Crippen molar-refractivity contribution in [2.45, 2.75) is 52.6 Å². The molecule has 0 saturated carbocycles. The van der Waals surface area contributed by atoms with Crippen LogP contribution in [0.5, 0.6) is 0 Å². The van der Waals surface area contributed by atoms with Crippen molar-refractivity contribution in [3.05, 3.63) is 42.0 Å². The number of carbonyl (C=O) groups is 1. The summed E-state index contributed by atoms with van der Waals surface area (Å²) < 4.78 is 2.05. The fourth-order valence-corrected chi connectivity index (χ4v) is 3.15. The largest absolute Gasteiger partial charge is 0.325 e. The van der Waals surface area contributed by atoms with Crippen molar-refractivity contribution in [1.29, 1.82) is 0 Å². The summed E-state index contributed by atoms with van der Waals surface area (Å²) in [5.74, 6) is 0.0820. The molecule has 0 bridgehead atoms. The highest BCUT2D eigenvalue weighted by Crippen LogP contribution is 2.28. The number of nitrogens with zero attached hydrogens (tertiary/aromatic N) is 3. The van der Waals surface area contributed by atoms with Crippen molar-refractivity contribution in [1.82, 2.24) is 14.5 Å². The van der Waals surface area contributed by atoms with Gasteiger partial charge >= 0.3 is 0 Å². The number of hydrogen-bond donors (Lipinski definition) is 1. The Morgan fingerprint density at radius 2 is 1.88 bits per heavy atom. The summed E-state index contributed by atoms with van der Waals surface area (Å²) in [5, 5.41) is 3.04. The summed E-state index contributed by atoms with van der Waals surface area (Å²) in [4.78, 5) is 19.1. The number of imidazole rings is 1. The molecule has 3 rings (SSSR count). The molecule has 1 aromatic carbocycles. The molecule has 1 aliphatic rings. The first-order chi connectivity index (χ1) is 11.3. The van der Waals surface area contributed by atoms with E-state index in [9.17, 15) is 4.79 Å². The molecular formula is C19H26N4O. The Kier molecular flexibility index (Phi) is 4.22. The van der Waals surface area contributed by atoms with Gasteiger partial charge in [-0.05, 0) is 65.3 Å². The van der Waals surface area contributed by atoms with Crippen LogP contribution in [0.4, 0.5) is 5.69 Å². The van der Waals surface area contributed by atoms with Crippen LogP contribution in [0.2, 0.25) is 0 Å². The second kappa shape index (κ2) is 6.06. The molecule has 1 unspecified atom stereocenters. The molecule has 5 nitrogen and oxygen atoms in total. The lowest BCUT2D eigenvalue weighted by molar-refractivity contribution is -0.129. The minimum Gasteiger partial charge on any atom is -0.325 e.